The van der Waals surface area contributed by atoms with E-state index in [-0.39, 0.29) is 5.91 Å². The Morgan fingerprint density at radius 1 is 1.55 bits per heavy atom. The van der Waals surface area contributed by atoms with Gasteiger partial charge in [-0.1, -0.05) is 6.92 Å². The Labute approximate surface area is 119 Å². The number of carbonyl (C=O) groups excluding carboxylic acids is 1. The first kappa shape index (κ1) is 14.7. The molecule has 0 aliphatic heterocycles. The molecule has 0 spiro atoms. The molecule has 1 aliphatic rings. The van der Waals surface area contributed by atoms with Crippen LogP contribution in [-0.2, 0) is 11.2 Å². The first-order chi connectivity index (χ1) is 9.69. The second-order valence-corrected chi connectivity index (χ2v) is 4.95. The molecule has 3 N–H and O–H groups in total. The van der Waals surface area contributed by atoms with E-state index in [0.29, 0.717) is 30.6 Å². The number of rotatable bonds is 7. The van der Waals surface area contributed by atoms with Gasteiger partial charge in [-0.15, -0.1) is 0 Å². The van der Waals surface area contributed by atoms with Gasteiger partial charge >= 0.3 is 0 Å². The summed E-state index contributed by atoms with van der Waals surface area (Å²) in [7, 11) is 1.65. The molecule has 0 atom stereocenters. The Kier molecular flexibility index (Phi) is 4.92. The van der Waals surface area contributed by atoms with Gasteiger partial charge in [0.25, 0.3) is 5.91 Å². The van der Waals surface area contributed by atoms with Crippen molar-refractivity contribution in [3.8, 4) is 0 Å². The molecule has 110 valence electrons. The Morgan fingerprint density at radius 2 is 2.30 bits per heavy atom. The first-order valence-corrected chi connectivity index (χ1v) is 6.97. The SMILES string of the molecule is CCc1cc(C(=O)N(CCOC)C2CC2)cc(NN)n1. The van der Waals surface area contributed by atoms with Gasteiger partial charge < -0.3 is 15.1 Å². The van der Waals surface area contributed by atoms with E-state index >= 15 is 0 Å². The van der Waals surface area contributed by atoms with Crippen LogP contribution in [0.1, 0.15) is 35.8 Å². The lowest BCUT2D eigenvalue weighted by atomic mass is 10.1. The van der Waals surface area contributed by atoms with Crippen LogP contribution in [0.4, 0.5) is 5.82 Å². The minimum absolute atomic E-state index is 0.0261. The van der Waals surface area contributed by atoms with Crippen LogP contribution in [0.15, 0.2) is 12.1 Å². The fourth-order valence-electron chi connectivity index (χ4n) is 2.16. The number of hydrogen-bond acceptors (Lipinski definition) is 5. The molecule has 0 bridgehead atoms. The van der Waals surface area contributed by atoms with E-state index in [0.717, 1.165) is 25.0 Å². The average molecular weight is 278 g/mol. The Morgan fingerprint density at radius 3 is 2.85 bits per heavy atom. The summed E-state index contributed by atoms with van der Waals surface area (Å²) in [5.41, 5.74) is 4.00. The second-order valence-electron chi connectivity index (χ2n) is 4.95. The minimum Gasteiger partial charge on any atom is -0.383 e. The quantitative estimate of drug-likeness (QED) is 0.578. The van der Waals surface area contributed by atoms with Crippen LogP contribution in [0, 0.1) is 0 Å². The van der Waals surface area contributed by atoms with E-state index < -0.39 is 0 Å². The number of hydrazine groups is 1. The second kappa shape index (κ2) is 6.67. The van der Waals surface area contributed by atoms with Crippen LogP contribution >= 0.6 is 0 Å². The number of nitrogen functional groups attached to an aromatic ring is 1. The lowest BCUT2D eigenvalue weighted by molar-refractivity contribution is 0.0680. The number of carbonyl (C=O) groups is 1. The monoisotopic (exact) mass is 278 g/mol. The van der Waals surface area contributed by atoms with Crippen molar-refractivity contribution in [1.29, 1.82) is 0 Å². The van der Waals surface area contributed by atoms with E-state index in [9.17, 15) is 4.79 Å². The summed E-state index contributed by atoms with van der Waals surface area (Å²) in [4.78, 5) is 18.8. The van der Waals surface area contributed by atoms with Gasteiger partial charge in [0.1, 0.15) is 5.82 Å². The first-order valence-electron chi connectivity index (χ1n) is 6.97. The van der Waals surface area contributed by atoms with Crippen molar-refractivity contribution in [2.24, 2.45) is 5.84 Å². The van der Waals surface area contributed by atoms with Crippen molar-refractivity contribution in [1.82, 2.24) is 9.88 Å². The number of anilines is 1. The van der Waals surface area contributed by atoms with Crippen molar-refractivity contribution in [2.75, 3.05) is 25.7 Å². The number of ether oxygens (including phenoxy) is 1. The zero-order valence-corrected chi connectivity index (χ0v) is 12.1. The zero-order chi connectivity index (χ0) is 14.5. The summed E-state index contributed by atoms with van der Waals surface area (Å²) >= 11 is 0. The van der Waals surface area contributed by atoms with Crippen molar-refractivity contribution in [2.45, 2.75) is 32.2 Å². The Bertz CT molecular complexity index is 452. The molecular weight excluding hydrogens is 256 g/mol. The maximum Gasteiger partial charge on any atom is 0.254 e. The molecule has 0 aromatic carbocycles. The van der Waals surface area contributed by atoms with Gasteiger partial charge in [-0.05, 0) is 31.4 Å². The number of nitrogens with two attached hydrogens (primary N) is 1. The minimum atomic E-state index is 0.0261. The molecule has 1 heterocycles. The van der Waals surface area contributed by atoms with Crippen LogP contribution in [0.25, 0.3) is 0 Å². The molecule has 2 rings (SSSR count). The molecular formula is C14H22N4O2. The van der Waals surface area contributed by atoms with Crippen LogP contribution in [-0.4, -0.2) is 42.1 Å². The number of aryl methyl sites for hydroxylation is 1. The smallest absolute Gasteiger partial charge is 0.254 e. The van der Waals surface area contributed by atoms with Gasteiger partial charge in [-0.2, -0.15) is 0 Å². The summed E-state index contributed by atoms with van der Waals surface area (Å²) < 4.78 is 5.09. The highest BCUT2D eigenvalue weighted by Gasteiger charge is 2.33. The molecule has 20 heavy (non-hydrogen) atoms. The average Bonchev–Trinajstić information content (AvgIpc) is 3.31. The van der Waals surface area contributed by atoms with Crippen LogP contribution < -0.4 is 11.3 Å². The molecule has 1 aromatic heterocycles. The van der Waals surface area contributed by atoms with E-state index in [1.807, 2.05) is 17.9 Å². The molecule has 1 amide bonds. The normalized spacial score (nSPS) is 14.2. The predicted octanol–water partition coefficient (Wildman–Crippen LogP) is 1.18. The summed E-state index contributed by atoms with van der Waals surface area (Å²) in [6, 6.07) is 3.89. The largest absolute Gasteiger partial charge is 0.383 e. The maximum absolute atomic E-state index is 12.6. The molecule has 1 saturated carbocycles. The predicted molar refractivity (Wildman–Crippen MR) is 77.4 cm³/mol. The molecule has 6 nitrogen and oxygen atoms in total. The molecule has 6 heteroatoms. The van der Waals surface area contributed by atoms with Crippen molar-refractivity contribution in [3.63, 3.8) is 0 Å². The zero-order valence-electron chi connectivity index (χ0n) is 12.1. The van der Waals surface area contributed by atoms with Crippen LogP contribution in [0.5, 0.6) is 0 Å². The van der Waals surface area contributed by atoms with E-state index in [4.69, 9.17) is 10.6 Å². The van der Waals surface area contributed by atoms with Crippen molar-refractivity contribution in [3.05, 3.63) is 23.4 Å². The number of nitrogens with one attached hydrogen (secondary N) is 1. The highest BCUT2D eigenvalue weighted by atomic mass is 16.5. The van der Waals surface area contributed by atoms with Gasteiger partial charge in [0, 0.05) is 31.0 Å². The molecule has 0 saturated heterocycles. The van der Waals surface area contributed by atoms with Gasteiger partial charge in [0.05, 0.1) is 6.61 Å². The third-order valence-electron chi connectivity index (χ3n) is 3.42. The Balaban J connectivity index is 2.21. The van der Waals surface area contributed by atoms with E-state index in [1.54, 1.807) is 13.2 Å². The van der Waals surface area contributed by atoms with Crippen LogP contribution in [0.2, 0.25) is 0 Å². The van der Waals surface area contributed by atoms with Crippen LogP contribution in [0.3, 0.4) is 0 Å². The van der Waals surface area contributed by atoms with Crippen molar-refractivity contribution >= 4 is 11.7 Å². The summed E-state index contributed by atoms with van der Waals surface area (Å²) in [5, 5.41) is 0. The van der Waals surface area contributed by atoms with Crippen molar-refractivity contribution < 1.29 is 9.53 Å². The number of amides is 1. The summed E-state index contributed by atoms with van der Waals surface area (Å²) in [6.07, 6.45) is 2.91. The molecule has 1 aliphatic carbocycles. The number of methoxy groups -OCH3 is 1. The molecule has 0 radical (unpaired) electrons. The Hall–Kier alpha value is -1.66. The highest BCUT2D eigenvalue weighted by molar-refractivity contribution is 5.95. The lowest BCUT2D eigenvalue weighted by Gasteiger charge is -2.22. The van der Waals surface area contributed by atoms with E-state index in [2.05, 4.69) is 10.4 Å². The summed E-state index contributed by atoms with van der Waals surface area (Å²) in [5.74, 6) is 5.96. The van der Waals surface area contributed by atoms with Gasteiger partial charge in [-0.3, -0.25) is 4.79 Å². The molecule has 1 aromatic rings. The van der Waals surface area contributed by atoms with Gasteiger partial charge in [-0.25, -0.2) is 10.8 Å². The van der Waals surface area contributed by atoms with Gasteiger partial charge in [0.15, 0.2) is 0 Å². The third-order valence-corrected chi connectivity index (χ3v) is 3.42. The number of aromatic nitrogens is 1. The highest BCUT2D eigenvalue weighted by Crippen LogP contribution is 2.28. The fourth-order valence-corrected chi connectivity index (χ4v) is 2.16. The molecule has 1 fully saturated rings. The fraction of sp³-hybridized carbons (Fsp3) is 0.571. The topological polar surface area (TPSA) is 80.5 Å². The lowest BCUT2D eigenvalue weighted by Crippen LogP contribution is -2.36. The maximum atomic E-state index is 12.6. The number of nitrogens with zero attached hydrogens (tertiary/aromatic N) is 2. The number of pyridine rings is 1. The van der Waals surface area contributed by atoms with Gasteiger partial charge in [0.2, 0.25) is 0 Å². The number of hydrogen-bond donors (Lipinski definition) is 2. The standard InChI is InChI=1S/C14H22N4O2/c1-3-11-8-10(9-13(16-11)17-15)14(19)18(6-7-20-2)12-4-5-12/h8-9,12H,3-7,15H2,1-2H3,(H,16,17). The van der Waals surface area contributed by atoms with E-state index in [1.165, 1.54) is 0 Å². The molecule has 0 unspecified atom stereocenters. The third kappa shape index (κ3) is 3.46. The summed E-state index contributed by atoms with van der Waals surface area (Å²) in [6.45, 7) is 3.17.